The number of carbonyl (C=O) groups excluding carboxylic acids is 1. The minimum atomic E-state index is -0.111. The zero-order valence-corrected chi connectivity index (χ0v) is 12.2. The van der Waals surface area contributed by atoms with Crippen LogP contribution in [0.4, 0.5) is 0 Å². The van der Waals surface area contributed by atoms with E-state index in [4.69, 9.17) is 4.74 Å². The van der Waals surface area contributed by atoms with Crippen molar-refractivity contribution in [3.63, 3.8) is 0 Å². The highest BCUT2D eigenvalue weighted by atomic mass is 32.2. The van der Waals surface area contributed by atoms with Gasteiger partial charge in [0.1, 0.15) is 11.5 Å². The SMILES string of the molecule is COc1ccc(C(=O)N2CCSC(C)C2C)c(O)c1. The summed E-state index contributed by atoms with van der Waals surface area (Å²) in [5.41, 5.74) is 0.340. The van der Waals surface area contributed by atoms with Crippen molar-refractivity contribution in [1.82, 2.24) is 4.90 Å². The molecule has 2 atom stereocenters. The highest BCUT2D eigenvalue weighted by molar-refractivity contribution is 8.00. The Morgan fingerprint density at radius 1 is 1.47 bits per heavy atom. The molecule has 0 saturated carbocycles. The summed E-state index contributed by atoms with van der Waals surface area (Å²) in [6.45, 7) is 4.90. The van der Waals surface area contributed by atoms with Gasteiger partial charge in [-0.1, -0.05) is 6.92 Å². The molecular weight excluding hydrogens is 262 g/mol. The summed E-state index contributed by atoms with van der Waals surface area (Å²) >= 11 is 1.88. The number of benzene rings is 1. The summed E-state index contributed by atoms with van der Waals surface area (Å²) in [5.74, 6) is 1.35. The van der Waals surface area contributed by atoms with Crippen LogP contribution in [-0.4, -0.2) is 46.6 Å². The minimum Gasteiger partial charge on any atom is -0.507 e. The molecule has 5 heteroatoms. The number of aromatic hydroxyl groups is 1. The van der Waals surface area contributed by atoms with Crippen LogP contribution in [0.25, 0.3) is 0 Å². The van der Waals surface area contributed by atoms with Gasteiger partial charge < -0.3 is 14.7 Å². The normalized spacial score (nSPS) is 23.2. The molecule has 2 rings (SSSR count). The van der Waals surface area contributed by atoms with E-state index in [-0.39, 0.29) is 17.7 Å². The molecule has 1 N–H and O–H groups in total. The van der Waals surface area contributed by atoms with Crippen LogP contribution in [0.15, 0.2) is 18.2 Å². The number of rotatable bonds is 2. The van der Waals surface area contributed by atoms with Crippen LogP contribution >= 0.6 is 11.8 Å². The molecular formula is C14H19NO3S. The Balaban J connectivity index is 2.24. The fourth-order valence-corrected chi connectivity index (χ4v) is 3.29. The number of carbonyl (C=O) groups is 1. The van der Waals surface area contributed by atoms with E-state index in [1.807, 2.05) is 16.7 Å². The van der Waals surface area contributed by atoms with Crippen LogP contribution in [0.1, 0.15) is 24.2 Å². The average Bonchev–Trinajstić information content (AvgIpc) is 2.41. The van der Waals surface area contributed by atoms with Gasteiger partial charge in [0.25, 0.3) is 5.91 Å². The molecule has 19 heavy (non-hydrogen) atoms. The number of methoxy groups -OCH3 is 1. The first-order chi connectivity index (χ1) is 9.04. The first-order valence-electron chi connectivity index (χ1n) is 6.34. The number of nitrogens with zero attached hydrogens (tertiary/aromatic N) is 1. The number of hydrogen-bond acceptors (Lipinski definition) is 4. The Bertz CT molecular complexity index is 478. The van der Waals surface area contributed by atoms with Crippen LogP contribution in [0.5, 0.6) is 11.5 Å². The van der Waals surface area contributed by atoms with Gasteiger partial charge in [-0.25, -0.2) is 0 Å². The lowest BCUT2D eigenvalue weighted by molar-refractivity contribution is 0.0695. The van der Waals surface area contributed by atoms with Crippen molar-refractivity contribution in [2.24, 2.45) is 0 Å². The Morgan fingerprint density at radius 3 is 2.84 bits per heavy atom. The molecule has 1 saturated heterocycles. The third-order valence-corrected chi connectivity index (χ3v) is 4.92. The highest BCUT2D eigenvalue weighted by Gasteiger charge is 2.30. The molecule has 0 aliphatic carbocycles. The summed E-state index contributed by atoms with van der Waals surface area (Å²) in [6, 6.07) is 4.96. The van der Waals surface area contributed by atoms with E-state index >= 15 is 0 Å². The third kappa shape index (κ3) is 2.81. The number of phenolic OH excluding ortho intramolecular Hbond substituents is 1. The topological polar surface area (TPSA) is 49.8 Å². The van der Waals surface area contributed by atoms with Gasteiger partial charge >= 0.3 is 0 Å². The second-order valence-electron chi connectivity index (χ2n) is 4.70. The number of hydrogen-bond donors (Lipinski definition) is 1. The van der Waals surface area contributed by atoms with Gasteiger partial charge in [-0.15, -0.1) is 0 Å². The first kappa shape index (κ1) is 14.1. The van der Waals surface area contributed by atoms with Crippen LogP contribution < -0.4 is 4.74 Å². The molecule has 1 aromatic rings. The first-order valence-corrected chi connectivity index (χ1v) is 7.39. The number of phenols is 1. The van der Waals surface area contributed by atoms with Crippen molar-refractivity contribution in [1.29, 1.82) is 0 Å². The Morgan fingerprint density at radius 2 is 2.21 bits per heavy atom. The van der Waals surface area contributed by atoms with Crippen LogP contribution in [0.2, 0.25) is 0 Å². The van der Waals surface area contributed by atoms with E-state index in [9.17, 15) is 9.90 Å². The van der Waals surface area contributed by atoms with Crippen molar-refractivity contribution < 1.29 is 14.6 Å². The van der Waals surface area contributed by atoms with Crippen LogP contribution in [0, 0.1) is 0 Å². The van der Waals surface area contributed by atoms with Gasteiger partial charge in [0.2, 0.25) is 0 Å². The van der Waals surface area contributed by atoms with E-state index in [0.29, 0.717) is 16.6 Å². The molecule has 4 nitrogen and oxygen atoms in total. The lowest BCUT2D eigenvalue weighted by Gasteiger charge is -2.37. The maximum Gasteiger partial charge on any atom is 0.257 e. The number of amides is 1. The molecule has 0 spiro atoms. The van der Waals surface area contributed by atoms with Crippen LogP contribution in [-0.2, 0) is 0 Å². The number of thioether (sulfide) groups is 1. The van der Waals surface area contributed by atoms with Crippen LogP contribution in [0.3, 0.4) is 0 Å². The molecule has 1 fully saturated rings. The van der Waals surface area contributed by atoms with Crippen molar-refractivity contribution in [2.45, 2.75) is 25.1 Å². The summed E-state index contributed by atoms with van der Waals surface area (Å²) in [5, 5.41) is 10.4. The molecule has 2 unspecified atom stereocenters. The average molecular weight is 281 g/mol. The van der Waals surface area contributed by atoms with Crippen molar-refractivity contribution in [3.8, 4) is 11.5 Å². The minimum absolute atomic E-state index is 0.0255. The Kier molecular flexibility index (Phi) is 4.24. The van der Waals surface area contributed by atoms with E-state index in [2.05, 4.69) is 13.8 Å². The predicted molar refractivity (Wildman–Crippen MR) is 77.1 cm³/mol. The molecule has 1 heterocycles. The van der Waals surface area contributed by atoms with E-state index in [0.717, 1.165) is 12.3 Å². The Hall–Kier alpha value is -1.36. The zero-order chi connectivity index (χ0) is 14.0. The molecule has 1 aliphatic rings. The quantitative estimate of drug-likeness (QED) is 0.904. The largest absolute Gasteiger partial charge is 0.507 e. The maximum absolute atomic E-state index is 12.5. The van der Waals surface area contributed by atoms with E-state index in [1.165, 1.54) is 13.2 Å². The summed E-state index contributed by atoms with van der Waals surface area (Å²) < 4.78 is 5.03. The van der Waals surface area contributed by atoms with Gasteiger partial charge in [-0.05, 0) is 19.1 Å². The zero-order valence-electron chi connectivity index (χ0n) is 11.4. The summed E-state index contributed by atoms with van der Waals surface area (Å²) in [7, 11) is 1.53. The monoisotopic (exact) mass is 281 g/mol. The summed E-state index contributed by atoms with van der Waals surface area (Å²) in [4.78, 5) is 14.3. The molecule has 1 aliphatic heterocycles. The molecule has 0 aromatic heterocycles. The van der Waals surface area contributed by atoms with Crippen molar-refractivity contribution in [3.05, 3.63) is 23.8 Å². The van der Waals surface area contributed by atoms with E-state index in [1.54, 1.807) is 12.1 Å². The molecule has 0 bridgehead atoms. The molecule has 104 valence electrons. The predicted octanol–water partition coefficient (Wildman–Crippen LogP) is 2.37. The second-order valence-corrected chi connectivity index (χ2v) is 6.18. The van der Waals surface area contributed by atoms with E-state index < -0.39 is 0 Å². The smallest absolute Gasteiger partial charge is 0.257 e. The molecule has 1 amide bonds. The van der Waals surface area contributed by atoms with Crippen molar-refractivity contribution in [2.75, 3.05) is 19.4 Å². The standard InChI is InChI=1S/C14H19NO3S/c1-9-10(2)19-7-6-15(9)14(17)12-5-4-11(18-3)8-13(12)16/h4-5,8-10,16H,6-7H2,1-3H3. The number of ether oxygens (including phenoxy) is 1. The van der Waals surface area contributed by atoms with Gasteiger partial charge in [-0.3, -0.25) is 4.79 Å². The second kappa shape index (κ2) is 5.74. The molecule has 1 aromatic carbocycles. The van der Waals surface area contributed by atoms with Gasteiger partial charge in [0.15, 0.2) is 0 Å². The summed E-state index contributed by atoms with van der Waals surface area (Å²) in [6.07, 6.45) is 0. The van der Waals surface area contributed by atoms with Gasteiger partial charge in [-0.2, -0.15) is 11.8 Å². The fourth-order valence-electron chi connectivity index (χ4n) is 2.19. The maximum atomic E-state index is 12.5. The fraction of sp³-hybridized carbons (Fsp3) is 0.500. The Labute approximate surface area is 117 Å². The lowest BCUT2D eigenvalue weighted by Crippen LogP contribution is -2.47. The van der Waals surface area contributed by atoms with Gasteiger partial charge in [0, 0.05) is 29.7 Å². The van der Waals surface area contributed by atoms with Crippen molar-refractivity contribution >= 4 is 17.7 Å². The molecule has 0 radical (unpaired) electrons. The lowest BCUT2D eigenvalue weighted by atomic mass is 10.1. The highest BCUT2D eigenvalue weighted by Crippen LogP contribution is 2.29. The third-order valence-electron chi connectivity index (χ3n) is 3.58. The van der Waals surface area contributed by atoms with Gasteiger partial charge in [0.05, 0.1) is 12.7 Å².